The van der Waals surface area contributed by atoms with Gasteiger partial charge in [0.25, 0.3) is 0 Å². The Morgan fingerprint density at radius 1 is 1.47 bits per heavy atom. The lowest BCUT2D eigenvalue weighted by atomic mass is 10.2. The average molecular weight is 350 g/mol. The van der Waals surface area contributed by atoms with Gasteiger partial charge in [-0.2, -0.15) is 0 Å². The quantitative estimate of drug-likeness (QED) is 0.825. The van der Waals surface area contributed by atoms with Gasteiger partial charge in [-0.15, -0.1) is 0 Å². The van der Waals surface area contributed by atoms with Gasteiger partial charge in [0.1, 0.15) is 0 Å². The van der Waals surface area contributed by atoms with E-state index >= 15 is 0 Å². The summed E-state index contributed by atoms with van der Waals surface area (Å²) >= 11 is 3.21. The number of hydrogen-bond acceptors (Lipinski definition) is 3. The number of aliphatic carboxylic acids is 1. The largest absolute Gasteiger partial charge is 0.481 e. The first-order valence-corrected chi connectivity index (χ1v) is 8.04. The molecule has 0 aliphatic rings. The molecule has 0 heterocycles. The van der Waals surface area contributed by atoms with Gasteiger partial charge >= 0.3 is 5.97 Å². The second-order valence-corrected chi connectivity index (χ2v) is 6.79. The molecule has 0 fully saturated rings. The average Bonchev–Trinajstić information content (AvgIpc) is 2.26. The lowest BCUT2D eigenvalue weighted by molar-refractivity contribution is -0.137. The number of halogens is 1. The number of aryl methyl sites for hydroxylation is 1. The van der Waals surface area contributed by atoms with E-state index in [1.54, 1.807) is 19.1 Å². The first-order valence-electron chi connectivity index (χ1n) is 5.76. The normalized spacial score (nSPS) is 13.2. The van der Waals surface area contributed by atoms with Crippen LogP contribution in [0.3, 0.4) is 0 Å². The van der Waals surface area contributed by atoms with Crippen molar-refractivity contribution in [1.82, 2.24) is 4.72 Å². The highest BCUT2D eigenvalue weighted by molar-refractivity contribution is 9.10. The molecular formula is C12H16BrNO4S. The van der Waals surface area contributed by atoms with Gasteiger partial charge in [-0.05, 0) is 47.0 Å². The number of carboxylic acid groups (broad SMARTS) is 1. The standard InChI is InChI=1S/C12H16BrNO4S/c1-3-9(7-12(15)16)14-19(17,18)11-5-4-8(2)6-10(11)13/h4-6,9,14H,3,7H2,1-2H3,(H,15,16). The monoisotopic (exact) mass is 349 g/mol. The van der Waals surface area contributed by atoms with Gasteiger partial charge in [-0.3, -0.25) is 4.79 Å². The third-order valence-corrected chi connectivity index (χ3v) is 5.11. The molecule has 0 aliphatic heterocycles. The molecule has 1 aromatic rings. The van der Waals surface area contributed by atoms with E-state index < -0.39 is 22.0 Å². The summed E-state index contributed by atoms with van der Waals surface area (Å²) in [5, 5.41) is 8.73. The van der Waals surface area contributed by atoms with E-state index in [0.29, 0.717) is 10.9 Å². The maximum atomic E-state index is 12.2. The van der Waals surface area contributed by atoms with Crippen LogP contribution in [0, 0.1) is 6.92 Å². The van der Waals surface area contributed by atoms with E-state index in [2.05, 4.69) is 20.7 Å². The Kier molecular flexibility index (Phi) is 5.51. The molecule has 106 valence electrons. The Hall–Kier alpha value is -0.920. The molecule has 5 nitrogen and oxygen atoms in total. The topological polar surface area (TPSA) is 83.5 Å². The highest BCUT2D eigenvalue weighted by Crippen LogP contribution is 2.23. The molecular weight excluding hydrogens is 334 g/mol. The van der Waals surface area contributed by atoms with Gasteiger partial charge in [0.2, 0.25) is 10.0 Å². The summed E-state index contributed by atoms with van der Waals surface area (Å²) in [6, 6.07) is 4.27. The van der Waals surface area contributed by atoms with Crippen LogP contribution in [0.1, 0.15) is 25.3 Å². The second kappa shape index (κ2) is 6.49. The Balaban J connectivity index is 3.00. The highest BCUT2D eigenvalue weighted by Gasteiger charge is 2.22. The molecule has 1 atom stereocenters. The minimum absolute atomic E-state index is 0.113. The van der Waals surface area contributed by atoms with Crippen LogP contribution >= 0.6 is 15.9 Å². The first kappa shape index (κ1) is 16.1. The number of carboxylic acids is 1. The van der Waals surface area contributed by atoms with Crippen LogP contribution in [0.25, 0.3) is 0 Å². The van der Waals surface area contributed by atoms with Gasteiger partial charge in [-0.25, -0.2) is 13.1 Å². The van der Waals surface area contributed by atoms with Crippen molar-refractivity contribution in [2.24, 2.45) is 0 Å². The van der Waals surface area contributed by atoms with E-state index in [1.807, 2.05) is 6.92 Å². The highest BCUT2D eigenvalue weighted by atomic mass is 79.9. The fourth-order valence-corrected chi connectivity index (χ4v) is 4.10. The molecule has 0 saturated carbocycles. The van der Waals surface area contributed by atoms with Crippen LogP contribution < -0.4 is 4.72 Å². The fourth-order valence-electron chi connectivity index (χ4n) is 1.59. The smallest absolute Gasteiger partial charge is 0.304 e. The zero-order chi connectivity index (χ0) is 14.6. The lowest BCUT2D eigenvalue weighted by Gasteiger charge is -2.16. The lowest BCUT2D eigenvalue weighted by Crippen LogP contribution is -2.36. The molecule has 0 aliphatic carbocycles. The van der Waals surface area contributed by atoms with Crippen LogP contribution in [0.15, 0.2) is 27.6 Å². The zero-order valence-electron chi connectivity index (χ0n) is 10.7. The van der Waals surface area contributed by atoms with Crippen molar-refractivity contribution < 1.29 is 18.3 Å². The van der Waals surface area contributed by atoms with Gasteiger partial charge in [-0.1, -0.05) is 13.0 Å². The molecule has 1 aromatic carbocycles. The van der Waals surface area contributed by atoms with Crippen LogP contribution in [-0.4, -0.2) is 25.5 Å². The summed E-state index contributed by atoms with van der Waals surface area (Å²) < 4.78 is 27.2. The Labute approximate surface area is 121 Å². The number of rotatable bonds is 6. The number of carbonyl (C=O) groups is 1. The van der Waals surface area contributed by atoms with Gasteiger partial charge in [0.15, 0.2) is 0 Å². The van der Waals surface area contributed by atoms with Crippen molar-refractivity contribution in [1.29, 1.82) is 0 Å². The predicted molar refractivity (Wildman–Crippen MR) is 75.5 cm³/mol. The summed E-state index contributed by atoms with van der Waals surface area (Å²) in [7, 11) is -3.72. The third-order valence-electron chi connectivity index (χ3n) is 2.61. The number of hydrogen-bond donors (Lipinski definition) is 2. The molecule has 2 N–H and O–H groups in total. The molecule has 1 unspecified atom stereocenters. The van der Waals surface area contributed by atoms with Crippen LogP contribution in [-0.2, 0) is 14.8 Å². The van der Waals surface area contributed by atoms with Gasteiger partial charge in [0.05, 0.1) is 11.3 Å². The predicted octanol–water partition coefficient (Wildman–Crippen LogP) is 2.29. The Morgan fingerprint density at radius 3 is 2.58 bits per heavy atom. The van der Waals surface area contributed by atoms with Crippen LogP contribution in [0.2, 0.25) is 0 Å². The van der Waals surface area contributed by atoms with Crippen LogP contribution in [0.5, 0.6) is 0 Å². The van der Waals surface area contributed by atoms with E-state index in [-0.39, 0.29) is 11.3 Å². The number of benzene rings is 1. The van der Waals surface area contributed by atoms with Crippen molar-refractivity contribution in [2.75, 3.05) is 0 Å². The summed E-state index contributed by atoms with van der Waals surface area (Å²) in [4.78, 5) is 10.8. The molecule has 0 saturated heterocycles. The summed E-state index contributed by atoms with van der Waals surface area (Å²) in [6.45, 7) is 3.59. The molecule has 1 rings (SSSR count). The zero-order valence-corrected chi connectivity index (χ0v) is 13.1. The Morgan fingerprint density at radius 2 is 2.11 bits per heavy atom. The summed E-state index contributed by atoms with van der Waals surface area (Å²) in [5.41, 5.74) is 0.934. The Bertz CT molecular complexity index is 571. The number of sulfonamides is 1. The van der Waals surface area contributed by atoms with Crippen molar-refractivity contribution in [3.63, 3.8) is 0 Å². The third kappa shape index (κ3) is 4.59. The fraction of sp³-hybridized carbons (Fsp3) is 0.417. The molecule has 19 heavy (non-hydrogen) atoms. The maximum Gasteiger partial charge on any atom is 0.304 e. The van der Waals surface area contributed by atoms with Crippen LogP contribution in [0.4, 0.5) is 0 Å². The molecule has 0 bridgehead atoms. The van der Waals surface area contributed by atoms with E-state index in [1.165, 1.54) is 6.07 Å². The van der Waals surface area contributed by atoms with E-state index in [9.17, 15) is 13.2 Å². The van der Waals surface area contributed by atoms with Gasteiger partial charge in [0, 0.05) is 10.5 Å². The number of nitrogens with one attached hydrogen (secondary N) is 1. The SMILES string of the molecule is CCC(CC(=O)O)NS(=O)(=O)c1ccc(C)cc1Br. The van der Waals surface area contributed by atoms with Crippen molar-refractivity contribution >= 4 is 31.9 Å². The van der Waals surface area contributed by atoms with Gasteiger partial charge < -0.3 is 5.11 Å². The van der Waals surface area contributed by atoms with Crippen molar-refractivity contribution in [3.8, 4) is 0 Å². The molecule has 0 amide bonds. The summed E-state index contributed by atoms with van der Waals surface area (Å²) in [6.07, 6.45) is 0.175. The molecule has 0 aromatic heterocycles. The minimum atomic E-state index is -3.72. The molecule has 7 heteroatoms. The first-order chi connectivity index (χ1) is 8.76. The maximum absolute atomic E-state index is 12.2. The minimum Gasteiger partial charge on any atom is -0.481 e. The van der Waals surface area contributed by atoms with E-state index in [0.717, 1.165) is 5.56 Å². The summed E-state index contributed by atoms with van der Waals surface area (Å²) in [5.74, 6) is -1.03. The molecule has 0 spiro atoms. The van der Waals surface area contributed by atoms with Crippen molar-refractivity contribution in [3.05, 3.63) is 28.2 Å². The van der Waals surface area contributed by atoms with Crippen molar-refractivity contribution in [2.45, 2.75) is 37.6 Å². The molecule has 0 radical (unpaired) electrons. The van der Waals surface area contributed by atoms with E-state index in [4.69, 9.17) is 5.11 Å². The second-order valence-electron chi connectivity index (χ2n) is 4.26.